The van der Waals surface area contributed by atoms with Gasteiger partial charge < -0.3 is 10.4 Å². The van der Waals surface area contributed by atoms with Crippen molar-refractivity contribution in [1.29, 1.82) is 0 Å². The summed E-state index contributed by atoms with van der Waals surface area (Å²) in [7, 11) is 3.73. The molecule has 2 saturated heterocycles. The summed E-state index contributed by atoms with van der Waals surface area (Å²) in [5.74, 6) is 0.461. The average Bonchev–Trinajstić information content (AvgIpc) is 2.62. The van der Waals surface area contributed by atoms with Crippen molar-refractivity contribution < 1.29 is 9.90 Å². The monoisotopic (exact) mass is 285 g/mol. The zero-order valence-corrected chi connectivity index (χ0v) is 10.3. The SMILES string of the molecule is Br.O=C(O)[C@@H]1CC2(CCSS2)CN1. The Balaban J connectivity index is 0.000000845. The number of rotatable bonds is 1. The van der Waals surface area contributed by atoms with E-state index in [9.17, 15) is 4.79 Å². The van der Waals surface area contributed by atoms with Gasteiger partial charge in [-0.15, -0.1) is 17.0 Å². The first-order chi connectivity index (χ1) is 5.72. The van der Waals surface area contributed by atoms with E-state index in [-0.39, 0.29) is 27.8 Å². The van der Waals surface area contributed by atoms with Crippen molar-refractivity contribution in [1.82, 2.24) is 5.32 Å². The molecule has 2 rings (SSSR count). The minimum absolute atomic E-state index is 0. The molecule has 2 fully saturated rings. The largest absolute Gasteiger partial charge is 0.480 e. The Morgan fingerprint density at radius 3 is 2.85 bits per heavy atom. The summed E-state index contributed by atoms with van der Waals surface area (Å²) in [5, 5.41) is 11.8. The molecule has 6 heteroatoms. The Labute approximate surface area is 95.6 Å². The molecule has 2 N–H and O–H groups in total. The molecule has 0 bridgehead atoms. The molecule has 0 aromatic heterocycles. The second-order valence-electron chi connectivity index (χ2n) is 3.31. The predicted octanol–water partition coefficient (Wildman–Crippen LogP) is 1.53. The minimum Gasteiger partial charge on any atom is -0.480 e. The van der Waals surface area contributed by atoms with Gasteiger partial charge in [0.05, 0.1) is 0 Å². The van der Waals surface area contributed by atoms with E-state index < -0.39 is 5.97 Å². The lowest BCUT2D eigenvalue weighted by Crippen LogP contribution is -2.30. The number of hydrogen-bond donors (Lipinski definition) is 2. The van der Waals surface area contributed by atoms with E-state index in [1.165, 1.54) is 5.75 Å². The number of carboxylic acids is 1. The Hall–Kier alpha value is 0.610. The maximum atomic E-state index is 10.7. The number of halogens is 1. The highest BCUT2D eigenvalue weighted by atomic mass is 79.9. The van der Waals surface area contributed by atoms with Crippen LogP contribution in [0.2, 0.25) is 0 Å². The van der Waals surface area contributed by atoms with Gasteiger partial charge in [-0.2, -0.15) is 0 Å². The van der Waals surface area contributed by atoms with Gasteiger partial charge in [-0.3, -0.25) is 4.79 Å². The van der Waals surface area contributed by atoms with Crippen LogP contribution in [0.5, 0.6) is 0 Å². The topological polar surface area (TPSA) is 49.3 Å². The molecule has 0 amide bonds. The lowest BCUT2D eigenvalue weighted by Gasteiger charge is -2.17. The van der Waals surface area contributed by atoms with Gasteiger partial charge in [0.1, 0.15) is 6.04 Å². The average molecular weight is 286 g/mol. The van der Waals surface area contributed by atoms with Gasteiger partial charge in [-0.1, -0.05) is 21.6 Å². The molecule has 0 aromatic rings. The highest BCUT2D eigenvalue weighted by Crippen LogP contribution is 2.50. The number of aliphatic carboxylic acids is 1. The van der Waals surface area contributed by atoms with E-state index in [2.05, 4.69) is 5.32 Å². The molecule has 0 radical (unpaired) electrons. The number of hydrogen-bond acceptors (Lipinski definition) is 4. The lowest BCUT2D eigenvalue weighted by atomic mass is 10.0. The van der Waals surface area contributed by atoms with Crippen LogP contribution >= 0.6 is 38.6 Å². The molecule has 13 heavy (non-hydrogen) atoms. The summed E-state index contributed by atoms with van der Waals surface area (Å²) in [6.45, 7) is 0.863. The molecule has 0 aromatic carbocycles. The van der Waals surface area contributed by atoms with Gasteiger partial charge in [0.15, 0.2) is 0 Å². The van der Waals surface area contributed by atoms with Gasteiger partial charge in [0.25, 0.3) is 0 Å². The van der Waals surface area contributed by atoms with Crippen LogP contribution in [0.25, 0.3) is 0 Å². The molecule has 2 aliphatic heterocycles. The number of nitrogens with one attached hydrogen (secondary N) is 1. The standard InChI is InChI=1S/C7H11NO2S2.BrH/c9-6(10)5-3-7(4-8-5)1-2-11-12-7;/h5,8H,1-4H2,(H,9,10);1H/t5-,7?;/m0./s1. The highest BCUT2D eigenvalue weighted by Gasteiger charge is 2.44. The van der Waals surface area contributed by atoms with Crippen molar-refractivity contribution in [3.63, 3.8) is 0 Å². The Morgan fingerprint density at radius 1 is 1.62 bits per heavy atom. The minimum atomic E-state index is -0.704. The second-order valence-corrected chi connectivity index (χ2v) is 6.20. The van der Waals surface area contributed by atoms with Gasteiger partial charge in [-0.25, -0.2) is 0 Å². The summed E-state index contributed by atoms with van der Waals surface area (Å²) in [6.07, 6.45) is 1.94. The van der Waals surface area contributed by atoms with Crippen LogP contribution in [0.15, 0.2) is 0 Å². The fraction of sp³-hybridized carbons (Fsp3) is 0.857. The van der Waals surface area contributed by atoms with Crippen LogP contribution in [0.4, 0.5) is 0 Å². The van der Waals surface area contributed by atoms with Crippen molar-refractivity contribution in [3.05, 3.63) is 0 Å². The molecule has 2 atom stereocenters. The van der Waals surface area contributed by atoms with Crippen LogP contribution in [0.3, 0.4) is 0 Å². The zero-order chi connectivity index (χ0) is 8.60. The summed E-state index contributed by atoms with van der Waals surface area (Å²) in [6, 6.07) is -0.309. The molecule has 1 spiro atoms. The molecule has 3 nitrogen and oxygen atoms in total. The molecular weight excluding hydrogens is 274 g/mol. The second kappa shape index (κ2) is 4.42. The van der Waals surface area contributed by atoms with E-state index >= 15 is 0 Å². The van der Waals surface area contributed by atoms with Gasteiger partial charge in [-0.05, 0) is 12.8 Å². The fourth-order valence-corrected chi connectivity index (χ4v) is 5.07. The first-order valence-electron chi connectivity index (χ1n) is 3.99. The third-order valence-electron chi connectivity index (χ3n) is 2.42. The Bertz CT molecular complexity index is 209. The first kappa shape index (κ1) is 11.7. The molecule has 1 unspecified atom stereocenters. The maximum Gasteiger partial charge on any atom is 0.320 e. The quantitative estimate of drug-likeness (QED) is 0.716. The lowest BCUT2D eigenvalue weighted by molar-refractivity contribution is -0.139. The molecular formula is C7H12BrNO2S2. The van der Waals surface area contributed by atoms with E-state index in [1.54, 1.807) is 0 Å². The molecule has 0 aliphatic carbocycles. The molecule has 2 aliphatic rings. The molecule has 0 saturated carbocycles. The van der Waals surface area contributed by atoms with E-state index in [1.807, 2.05) is 21.6 Å². The predicted molar refractivity (Wildman–Crippen MR) is 61.8 cm³/mol. The highest BCUT2D eigenvalue weighted by molar-refractivity contribution is 8.93. The zero-order valence-electron chi connectivity index (χ0n) is 6.99. The van der Waals surface area contributed by atoms with Crippen molar-refractivity contribution >= 4 is 44.5 Å². The van der Waals surface area contributed by atoms with Crippen LogP contribution in [0, 0.1) is 0 Å². The van der Waals surface area contributed by atoms with Gasteiger partial charge >= 0.3 is 5.97 Å². The Kier molecular flexibility index (Phi) is 3.97. The first-order valence-corrected chi connectivity index (χ1v) is 6.31. The van der Waals surface area contributed by atoms with Crippen molar-refractivity contribution in [2.45, 2.75) is 23.6 Å². The maximum absolute atomic E-state index is 10.7. The van der Waals surface area contributed by atoms with Crippen molar-refractivity contribution in [2.75, 3.05) is 12.3 Å². The molecule has 76 valence electrons. The molecule has 2 heterocycles. The summed E-state index contributed by atoms with van der Waals surface area (Å²) in [4.78, 5) is 10.7. The van der Waals surface area contributed by atoms with E-state index in [0.717, 1.165) is 19.4 Å². The van der Waals surface area contributed by atoms with Crippen LogP contribution < -0.4 is 5.32 Å². The smallest absolute Gasteiger partial charge is 0.320 e. The summed E-state index contributed by atoms with van der Waals surface area (Å²) in [5.41, 5.74) is 0. The van der Waals surface area contributed by atoms with Gasteiger partial charge in [0, 0.05) is 17.0 Å². The van der Waals surface area contributed by atoms with Crippen LogP contribution in [0.1, 0.15) is 12.8 Å². The fourth-order valence-electron chi connectivity index (χ4n) is 1.69. The van der Waals surface area contributed by atoms with E-state index in [4.69, 9.17) is 5.11 Å². The van der Waals surface area contributed by atoms with Gasteiger partial charge in [0.2, 0.25) is 0 Å². The number of carbonyl (C=O) groups is 1. The van der Waals surface area contributed by atoms with Crippen molar-refractivity contribution in [3.8, 4) is 0 Å². The summed E-state index contributed by atoms with van der Waals surface area (Å²) < 4.78 is 0.230. The van der Waals surface area contributed by atoms with Crippen LogP contribution in [-0.2, 0) is 4.79 Å². The van der Waals surface area contributed by atoms with E-state index in [0.29, 0.717) is 0 Å². The van der Waals surface area contributed by atoms with Crippen LogP contribution in [-0.4, -0.2) is 34.2 Å². The number of carboxylic acid groups (broad SMARTS) is 1. The third-order valence-corrected chi connectivity index (χ3v) is 5.69. The third kappa shape index (κ3) is 2.34. The van der Waals surface area contributed by atoms with Crippen molar-refractivity contribution in [2.24, 2.45) is 0 Å². The normalized spacial score (nSPS) is 37.7. The Morgan fingerprint density at radius 2 is 2.38 bits per heavy atom. The summed E-state index contributed by atoms with van der Waals surface area (Å²) >= 11 is 0.